The van der Waals surface area contributed by atoms with Gasteiger partial charge in [-0.3, -0.25) is 0 Å². The molecule has 0 radical (unpaired) electrons. The largest absolute Gasteiger partial charge is 0.356 e. The van der Waals surface area contributed by atoms with E-state index in [1.165, 1.54) is 32.1 Å². The maximum atomic E-state index is 5.23. The fourth-order valence-electron chi connectivity index (χ4n) is 1.01. The Hall–Kier alpha value is -0.0800. The molecule has 0 spiro atoms. The van der Waals surface area contributed by atoms with Crippen LogP contribution in [0.1, 0.15) is 46.0 Å². The molecule has 0 aromatic heterocycles. The Balaban J connectivity index is 2.73. The molecule has 0 saturated carbocycles. The molecule has 2 heteroatoms. The van der Waals surface area contributed by atoms with E-state index in [1.54, 1.807) is 0 Å². The van der Waals surface area contributed by atoms with Crippen LogP contribution in [0.3, 0.4) is 0 Å². The van der Waals surface area contributed by atoms with E-state index in [2.05, 4.69) is 6.92 Å². The predicted molar refractivity (Wildman–Crippen MR) is 51.2 cm³/mol. The average Bonchev–Trinajstić information content (AvgIpc) is 2.10. The van der Waals surface area contributed by atoms with Gasteiger partial charge in [0.05, 0.1) is 0 Å². The normalized spacial score (nSPS) is 10.5. The second kappa shape index (κ2) is 10.9. The minimum absolute atomic E-state index is 0.463. The van der Waals surface area contributed by atoms with Gasteiger partial charge >= 0.3 is 0 Å². The van der Waals surface area contributed by atoms with Crippen LogP contribution in [0.2, 0.25) is 0 Å². The average molecular weight is 174 g/mol. The van der Waals surface area contributed by atoms with Gasteiger partial charge in [-0.1, -0.05) is 32.6 Å². The summed E-state index contributed by atoms with van der Waals surface area (Å²) in [6.45, 7) is 6.26. The van der Waals surface area contributed by atoms with Crippen molar-refractivity contribution >= 4 is 0 Å². The summed E-state index contributed by atoms with van der Waals surface area (Å²) in [5, 5.41) is 0. The Kier molecular flexibility index (Phi) is 10.8. The van der Waals surface area contributed by atoms with Gasteiger partial charge in [-0.25, -0.2) is 0 Å². The summed E-state index contributed by atoms with van der Waals surface area (Å²) < 4.78 is 10.3. The van der Waals surface area contributed by atoms with Crippen LogP contribution in [0, 0.1) is 0 Å². The van der Waals surface area contributed by atoms with Gasteiger partial charge in [-0.15, -0.1) is 0 Å². The van der Waals surface area contributed by atoms with Crippen LogP contribution in [0.15, 0.2) is 0 Å². The second-order valence-corrected chi connectivity index (χ2v) is 2.93. The van der Waals surface area contributed by atoms with E-state index in [1.807, 2.05) is 6.92 Å². The highest BCUT2D eigenvalue weighted by molar-refractivity contribution is 4.40. The van der Waals surface area contributed by atoms with Crippen LogP contribution in [0.5, 0.6) is 0 Å². The molecule has 0 amide bonds. The van der Waals surface area contributed by atoms with Crippen molar-refractivity contribution in [2.45, 2.75) is 46.0 Å². The zero-order valence-electron chi connectivity index (χ0n) is 8.47. The van der Waals surface area contributed by atoms with Crippen LogP contribution in [0.4, 0.5) is 0 Å². The van der Waals surface area contributed by atoms with Crippen molar-refractivity contribution in [2.24, 2.45) is 0 Å². The molecular weight excluding hydrogens is 152 g/mol. The lowest BCUT2D eigenvalue weighted by Gasteiger charge is -2.03. The minimum Gasteiger partial charge on any atom is -0.356 e. The molecule has 0 aromatic carbocycles. The highest BCUT2D eigenvalue weighted by Gasteiger charge is 1.89. The fourth-order valence-corrected chi connectivity index (χ4v) is 1.01. The van der Waals surface area contributed by atoms with Crippen LogP contribution in [-0.2, 0) is 9.47 Å². The van der Waals surface area contributed by atoms with Gasteiger partial charge < -0.3 is 9.47 Å². The first-order valence-corrected chi connectivity index (χ1v) is 5.07. The lowest BCUT2D eigenvalue weighted by molar-refractivity contribution is -0.0502. The Morgan fingerprint density at radius 2 is 1.58 bits per heavy atom. The van der Waals surface area contributed by atoms with Crippen molar-refractivity contribution in [3.63, 3.8) is 0 Å². The predicted octanol–water partition coefficient (Wildman–Crippen LogP) is 2.97. The zero-order valence-corrected chi connectivity index (χ0v) is 8.47. The molecule has 0 rings (SSSR count). The van der Waals surface area contributed by atoms with Crippen LogP contribution >= 0.6 is 0 Å². The molecule has 12 heavy (non-hydrogen) atoms. The second-order valence-electron chi connectivity index (χ2n) is 2.93. The molecule has 0 aliphatic carbocycles. The standard InChI is InChI=1S/C10H22O2/c1-3-5-6-7-8-9-12-10-11-4-2/h3-10H2,1-2H3. The van der Waals surface area contributed by atoms with Gasteiger partial charge in [0.2, 0.25) is 0 Å². The molecule has 0 saturated heterocycles. The lowest BCUT2D eigenvalue weighted by atomic mass is 10.2. The quantitative estimate of drug-likeness (QED) is 0.395. The maximum absolute atomic E-state index is 5.23. The minimum atomic E-state index is 0.463. The van der Waals surface area contributed by atoms with E-state index in [9.17, 15) is 0 Å². The van der Waals surface area contributed by atoms with Crippen molar-refractivity contribution in [3.05, 3.63) is 0 Å². The van der Waals surface area contributed by atoms with Gasteiger partial charge in [0, 0.05) is 13.2 Å². The van der Waals surface area contributed by atoms with E-state index in [0.29, 0.717) is 6.79 Å². The number of ether oxygens (including phenoxy) is 2. The van der Waals surface area contributed by atoms with Gasteiger partial charge in [0.1, 0.15) is 6.79 Å². The third-order valence-corrected chi connectivity index (χ3v) is 1.76. The summed E-state index contributed by atoms with van der Waals surface area (Å²) in [7, 11) is 0. The topological polar surface area (TPSA) is 18.5 Å². The first-order chi connectivity index (χ1) is 5.91. The van der Waals surface area contributed by atoms with Crippen molar-refractivity contribution < 1.29 is 9.47 Å². The van der Waals surface area contributed by atoms with Gasteiger partial charge in [-0.05, 0) is 13.3 Å². The first-order valence-electron chi connectivity index (χ1n) is 5.07. The van der Waals surface area contributed by atoms with E-state index in [-0.39, 0.29) is 0 Å². The van der Waals surface area contributed by atoms with Gasteiger partial charge in [0.25, 0.3) is 0 Å². The zero-order chi connectivity index (χ0) is 9.07. The summed E-state index contributed by atoms with van der Waals surface area (Å²) in [4.78, 5) is 0. The number of unbranched alkanes of at least 4 members (excludes halogenated alkanes) is 4. The summed E-state index contributed by atoms with van der Waals surface area (Å²) >= 11 is 0. The highest BCUT2D eigenvalue weighted by atomic mass is 16.7. The highest BCUT2D eigenvalue weighted by Crippen LogP contribution is 2.01. The third-order valence-electron chi connectivity index (χ3n) is 1.76. The molecule has 0 aromatic rings. The number of hydrogen-bond acceptors (Lipinski definition) is 2. The van der Waals surface area contributed by atoms with E-state index in [4.69, 9.17) is 9.47 Å². The molecule has 0 aliphatic heterocycles. The summed E-state index contributed by atoms with van der Waals surface area (Å²) in [5.41, 5.74) is 0. The molecule has 0 aliphatic rings. The smallest absolute Gasteiger partial charge is 0.146 e. The Morgan fingerprint density at radius 1 is 0.833 bits per heavy atom. The monoisotopic (exact) mass is 174 g/mol. The van der Waals surface area contributed by atoms with E-state index < -0.39 is 0 Å². The molecule has 74 valence electrons. The fraction of sp³-hybridized carbons (Fsp3) is 1.00. The molecule has 0 N–H and O–H groups in total. The van der Waals surface area contributed by atoms with Crippen molar-refractivity contribution in [3.8, 4) is 0 Å². The maximum Gasteiger partial charge on any atom is 0.146 e. The Bertz CT molecular complexity index is 64.2. The first kappa shape index (κ1) is 11.9. The summed E-state index contributed by atoms with van der Waals surface area (Å²) in [6.07, 6.45) is 6.47. The van der Waals surface area contributed by atoms with Gasteiger partial charge in [-0.2, -0.15) is 0 Å². The molecular formula is C10H22O2. The lowest BCUT2D eigenvalue weighted by Crippen LogP contribution is -2.00. The number of rotatable bonds is 9. The molecule has 0 atom stereocenters. The van der Waals surface area contributed by atoms with Crippen molar-refractivity contribution in [1.29, 1.82) is 0 Å². The summed E-state index contributed by atoms with van der Waals surface area (Å²) in [6, 6.07) is 0. The Labute approximate surface area is 76.3 Å². The van der Waals surface area contributed by atoms with Crippen molar-refractivity contribution in [1.82, 2.24) is 0 Å². The molecule has 2 nitrogen and oxygen atoms in total. The van der Waals surface area contributed by atoms with Gasteiger partial charge in [0.15, 0.2) is 0 Å². The Morgan fingerprint density at radius 3 is 2.25 bits per heavy atom. The number of hydrogen-bond donors (Lipinski definition) is 0. The van der Waals surface area contributed by atoms with E-state index in [0.717, 1.165) is 13.2 Å². The molecule has 0 bridgehead atoms. The molecule has 0 fully saturated rings. The third kappa shape index (κ3) is 9.92. The van der Waals surface area contributed by atoms with Crippen molar-refractivity contribution in [2.75, 3.05) is 20.0 Å². The van der Waals surface area contributed by atoms with Crippen LogP contribution < -0.4 is 0 Å². The van der Waals surface area contributed by atoms with Crippen LogP contribution in [-0.4, -0.2) is 20.0 Å². The van der Waals surface area contributed by atoms with E-state index >= 15 is 0 Å². The SMILES string of the molecule is CCCCCCCOCOCC. The van der Waals surface area contributed by atoms with Crippen LogP contribution in [0.25, 0.3) is 0 Å². The molecule has 0 heterocycles. The summed E-state index contributed by atoms with van der Waals surface area (Å²) in [5.74, 6) is 0. The molecule has 0 unspecified atom stereocenters.